The first-order valence-corrected chi connectivity index (χ1v) is 6.88. The molecule has 1 aliphatic heterocycles. The normalized spacial score (nSPS) is 17.9. The van der Waals surface area contributed by atoms with Gasteiger partial charge in [0.2, 0.25) is 5.91 Å². The molecule has 1 N–H and O–H groups in total. The van der Waals surface area contributed by atoms with E-state index in [1.165, 1.54) is 4.90 Å². The summed E-state index contributed by atoms with van der Waals surface area (Å²) in [6, 6.07) is 4.62. The van der Waals surface area contributed by atoms with E-state index >= 15 is 0 Å². The van der Waals surface area contributed by atoms with E-state index in [-0.39, 0.29) is 18.9 Å². The fraction of sp³-hybridized carbons (Fsp3) is 0.467. The van der Waals surface area contributed by atoms with Gasteiger partial charge < -0.3 is 19.5 Å². The van der Waals surface area contributed by atoms with E-state index in [9.17, 15) is 9.59 Å². The van der Waals surface area contributed by atoms with Crippen molar-refractivity contribution in [2.75, 3.05) is 13.7 Å². The number of carbonyl (C=O) groups is 2. The molecule has 1 amide bonds. The number of carboxylic acids is 1. The van der Waals surface area contributed by atoms with Crippen LogP contribution in [0.5, 0.6) is 11.5 Å². The highest BCUT2D eigenvalue weighted by Gasteiger charge is 2.35. The van der Waals surface area contributed by atoms with Crippen molar-refractivity contribution in [3.8, 4) is 11.5 Å². The fourth-order valence-electron chi connectivity index (χ4n) is 2.47. The molecule has 0 radical (unpaired) electrons. The summed E-state index contributed by atoms with van der Waals surface area (Å²) in [4.78, 5) is 24.4. The van der Waals surface area contributed by atoms with Gasteiger partial charge in [0.05, 0.1) is 13.7 Å². The quantitative estimate of drug-likeness (QED) is 0.863. The highest BCUT2D eigenvalue weighted by Crippen LogP contribution is 2.30. The van der Waals surface area contributed by atoms with Crippen molar-refractivity contribution >= 4 is 11.9 Å². The Morgan fingerprint density at radius 1 is 1.43 bits per heavy atom. The van der Waals surface area contributed by atoms with Crippen LogP contribution in [0.2, 0.25) is 0 Å². The Labute approximate surface area is 123 Å². The topological polar surface area (TPSA) is 76.1 Å². The number of amides is 1. The maximum absolute atomic E-state index is 11.8. The van der Waals surface area contributed by atoms with Crippen molar-refractivity contribution in [1.29, 1.82) is 0 Å². The highest BCUT2D eigenvalue weighted by atomic mass is 16.5. The van der Waals surface area contributed by atoms with Gasteiger partial charge in [-0.3, -0.25) is 4.79 Å². The smallest absolute Gasteiger partial charge is 0.326 e. The lowest BCUT2D eigenvalue weighted by atomic mass is 10.1. The van der Waals surface area contributed by atoms with Crippen LogP contribution in [0.3, 0.4) is 0 Å². The van der Waals surface area contributed by atoms with E-state index in [0.717, 1.165) is 5.56 Å². The second-order valence-corrected chi connectivity index (χ2v) is 4.83. The highest BCUT2D eigenvalue weighted by molar-refractivity contribution is 5.87. The molecule has 2 rings (SSSR count). The van der Waals surface area contributed by atoms with Crippen LogP contribution < -0.4 is 9.47 Å². The van der Waals surface area contributed by atoms with Gasteiger partial charge in [-0.15, -0.1) is 0 Å². The molecule has 21 heavy (non-hydrogen) atoms. The molecule has 114 valence electrons. The van der Waals surface area contributed by atoms with Gasteiger partial charge in [-0.25, -0.2) is 4.79 Å². The summed E-state index contributed by atoms with van der Waals surface area (Å²) in [6.07, 6.45) is 0.647. The zero-order valence-corrected chi connectivity index (χ0v) is 12.2. The van der Waals surface area contributed by atoms with Gasteiger partial charge in [-0.1, -0.05) is 6.07 Å². The number of ether oxygens (including phenoxy) is 2. The monoisotopic (exact) mass is 293 g/mol. The summed E-state index contributed by atoms with van der Waals surface area (Å²) in [5, 5.41) is 9.16. The van der Waals surface area contributed by atoms with Crippen molar-refractivity contribution in [1.82, 2.24) is 4.90 Å². The van der Waals surface area contributed by atoms with E-state index in [0.29, 0.717) is 24.5 Å². The second kappa shape index (κ2) is 6.47. The number of carboxylic acid groups (broad SMARTS) is 1. The number of hydrogen-bond donors (Lipinski definition) is 1. The predicted molar refractivity (Wildman–Crippen MR) is 75.4 cm³/mol. The van der Waals surface area contributed by atoms with Crippen LogP contribution in [0.15, 0.2) is 18.2 Å². The van der Waals surface area contributed by atoms with Crippen LogP contribution in [0.1, 0.15) is 25.3 Å². The molecule has 1 aliphatic rings. The number of likely N-dealkylation sites (tertiary alicyclic amines) is 1. The average molecular weight is 293 g/mol. The van der Waals surface area contributed by atoms with Crippen LogP contribution >= 0.6 is 0 Å². The molecule has 1 heterocycles. The fourth-order valence-corrected chi connectivity index (χ4v) is 2.47. The predicted octanol–water partition coefficient (Wildman–Crippen LogP) is 1.67. The van der Waals surface area contributed by atoms with E-state index in [1.807, 2.05) is 13.0 Å². The lowest BCUT2D eigenvalue weighted by Crippen LogP contribution is -2.37. The van der Waals surface area contributed by atoms with Gasteiger partial charge in [0.1, 0.15) is 6.04 Å². The minimum absolute atomic E-state index is 0.129. The lowest BCUT2D eigenvalue weighted by molar-refractivity contribution is -0.146. The summed E-state index contributed by atoms with van der Waals surface area (Å²) in [6.45, 7) is 2.64. The first-order chi connectivity index (χ1) is 10.1. The number of benzene rings is 1. The molecular weight excluding hydrogens is 274 g/mol. The van der Waals surface area contributed by atoms with Gasteiger partial charge in [0.25, 0.3) is 0 Å². The third kappa shape index (κ3) is 3.26. The Morgan fingerprint density at radius 3 is 2.81 bits per heavy atom. The van der Waals surface area contributed by atoms with Crippen LogP contribution in [0.25, 0.3) is 0 Å². The number of carbonyl (C=O) groups excluding carboxylic acids is 1. The van der Waals surface area contributed by atoms with Crippen LogP contribution in [0.4, 0.5) is 0 Å². The van der Waals surface area contributed by atoms with Crippen LogP contribution in [-0.4, -0.2) is 41.6 Å². The molecule has 1 aromatic carbocycles. The second-order valence-electron chi connectivity index (χ2n) is 4.83. The van der Waals surface area contributed by atoms with E-state index < -0.39 is 12.0 Å². The molecule has 0 bridgehead atoms. The minimum Gasteiger partial charge on any atom is -0.493 e. The molecule has 0 unspecified atom stereocenters. The first kappa shape index (κ1) is 15.2. The van der Waals surface area contributed by atoms with Gasteiger partial charge in [-0.05, 0) is 31.0 Å². The molecule has 1 aromatic rings. The number of hydrogen-bond acceptors (Lipinski definition) is 4. The molecule has 0 spiro atoms. The Hall–Kier alpha value is -2.24. The molecule has 6 heteroatoms. The zero-order valence-electron chi connectivity index (χ0n) is 12.2. The van der Waals surface area contributed by atoms with Gasteiger partial charge in [0.15, 0.2) is 11.5 Å². The third-order valence-corrected chi connectivity index (χ3v) is 3.49. The summed E-state index contributed by atoms with van der Waals surface area (Å²) in [7, 11) is 1.56. The molecule has 1 saturated heterocycles. The minimum atomic E-state index is -0.959. The van der Waals surface area contributed by atoms with Crippen molar-refractivity contribution in [2.45, 2.75) is 32.4 Å². The maximum Gasteiger partial charge on any atom is 0.326 e. The SMILES string of the molecule is CCOc1cc(CN2C(=O)CC[C@@H]2C(=O)O)ccc1OC. The Bertz CT molecular complexity index is 543. The largest absolute Gasteiger partial charge is 0.493 e. The molecule has 0 aliphatic carbocycles. The summed E-state index contributed by atoms with van der Waals surface area (Å²) < 4.78 is 10.7. The molecule has 1 atom stereocenters. The van der Waals surface area contributed by atoms with Crippen LogP contribution in [0, 0.1) is 0 Å². The Balaban J connectivity index is 2.20. The van der Waals surface area contributed by atoms with Gasteiger partial charge >= 0.3 is 5.97 Å². The number of rotatable bonds is 6. The summed E-state index contributed by atoms with van der Waals surface area (Å²) >= 11 is 0. The number of aliphatic carboxylic acids is 1. The lowest BCUT2D eigenvalue weighted by Gasteiger charge is -2.22. The average Bonchev–Trinajstić information content (AvgIpc) is 2.81. The van der Waals surface area contributed by atoms with E-state index in [2.05, 4.69) is 0 Å². The Kier molecular flexibility index (Phi) is 4.67. The molecule has 6 nitrogen and oxygen atoms in total. The summed E-state index contributed by atoms with van der Waals surface area (Å²) in [5.74, 6) is 0.120. The van der Waals surface area contributed by atoms with Crippen molar-refractivity contribution in [3.05, 3.63) is 23.8 Å². The summed E-state index contributed by atoms with van der Waals surface area (Å²) in [5.41, 5.74) is 0.820. The van der Waals surface area contributed by atoms with Crippen molar-refractivity contribution in [2.24, 2.45) is 0 Å². The molecular formula is C15H19NO5. The van der Waals surface area contributed by atoms with Gasteiger partial charge in [-0.2, -0.15) is 0 Å². The third-order valence-electron chi connectivity index (χ3n) is 3.49. The van der Waals surface area contributed by atoms with Crippen molar-refractivity contribution in [3.63, 3.8) is 0 Å². The maximum atomic E-state index is 11.8. The van der Waals surface area contributed by atoms with E-state index in [4.69, 9.17) is 14.6 Å². The Morgan fingerprint density at radius 2 is 2.19 bits per heavy atom. The first-order valence-electron chi connectivity index (χ1n) is 6.88. The van der Waals surface area contributed by atoms with E-state index in [1.54, 1.807) is 19.2 Å². The molecule has 1 fully saturated rings. The van der Waals surface area contributed by atoms with Crippen molar-refractivity contribution < 1.29 is 24.2 Å². The van der Waals surface area contributed by atoms with Gasteiger partial charge in [0, 0.05) is 13.0 Å². The zero-order chi connectivity index (χ0) is 15.4. The molecule has 0 aromatic heterocycles. The molecule has 0 saturated carbocycles. The number of methoxy groups -OCH3 is 1. The van der Waals surface area contributed by atoms with Crippen LogP contribution in [-0.2, 0) is 16.1 Å². The standard InChI is InChI=1S/C15H19NO5/c1-3-21-13-8-10(4-6-12(13)20-2)9-16-11(15(18)19)5-7-14(16)17/h4,6,8,11H,3,5,7,9H2,1-2H3,(H,18,19)/t11-/m1/s1. The number of nitrogens with zero attached hydrogens (tertiary/aromatic N) is 1.